The number of benzene rings is 2. The van der Waals surface area contributed by atoms with Crippen LogP contribution in [0.4, 0.5) is 0 Å². The van der Waals surface area contributed by atoms with E-state index in [1.807, 2.05) is 0 Å². The number of halogens is 1. The minimum absolute atomic E-state index is 0. The molecule has 2 aromatic carbocycles. The zero-order chi connectivity index (χ0) is 9.10. The molecule has 2 aromatic rings. The average Bonchev–Trinajstić information content (AvgIpc) is 2.18. The Kier molecular flexibility index (Phi) is 7.23. The molecule has 0 radical (unpaired) electrons. The molecule has 2 rings (SSSR count). The van der Waals surface area contributed by atoms with Gasteiger partial charge in [-0.2, -0.15) is 6.42 Å². The topological polar surface area (TPSA) is 0 Å². The predicted molar refractivity (Wildman–Crippen MR) is 63.4 cm³/mol. The van der Waals surface area contributed by atoms with Crippen LogP contribution >= 0.6 is 0 Å². The van der Waals surface area contributed by atoms with Gasteiger partial charge in [-0.15, -0.1) is 0 Å². The quantitative estimate of drug-likeness (QED) is 0.543. The first kappa shape index (κ1) is 14.9. The number of fused-ring (bicyclic) bond motifs is 1. The molecule has 0 saturated heterocycles. The Morgan fingerprint density at radius 1 is 0.933 bits per heavy atom. The van der Waals surface area contributed by atoms with E-state index in [2.05, 4.69) is 49.4 Å². The van der Waals surface area contributed by atoms with Crippen LogP contribution in [0.25, 0.3) is 10.8 Å². The Hall–Kier alpha value is -0.0538. The van der Waals surface area contributed by atoms with E-state index in [0.717, 1.165) is 12.8 Å². The third-order valence-corrected chi connectivity index (χ3v) is 2.28. The van der Waals surface area contributed by atoms with E-state index < -0.39 is 0 Å². The van der Waals surface area contributed by atoms with Crippen molar-refractivity contribution in [2.75, 3.05) is 0 Å². The molecule has 0 spiro atoms. The van der Waals surface area contributed by atoms with Crippen LogP contribution in [0.3, 0.4) is 0 Å². The van der Waals surface area contributed by atoms with Crippen LogP contribution in [0.5, 0.6) is 0 Å². The van der Waals surface area contributed by atoms with E-state index in [-0.39, 0.29) is 40.0 Å². The van der Waals surface area contributed by atoms with Gasteiger partial charge < -0.3 is 23.9 Å². The maximum absolute atomic E-state index is 3.86. The zero-order valence-corrected chi connectivity index (χ0v) is 11.7. The van der Waals surface area contributed by atoms with Crippen molar-refractivity contribution in [3.05, 3.63) is 55.0 Å². The fourth-order valence-corrected chi connectivity index (χ4v) is 1.60. The molecule has 0 aliphatic heterocycles. The van der Waals surface area contributed by atoms with Crippen molar-refractivity contribution in [2.24, 2.45) is 0 Å². The molecule has 0 aliphatic carbocycles. The second kappa shape index (κ2) is 7.26. The molecule has 2 heteroatoms. The summed E-state index contributed by atoms with van der Waals surface area (Å²) in [5.41, 5.74) is 1.38. The first-order valence-corrected chi connectivity index (χ1v) is 4.67. The summed E-state index contributed by atoms with van der Waals surface area (Å²) in [5.74, 6) is 0. The second-order valence-corrected chi connectivity index (χ2v) is 3.29. The number of rotatable bonds is 2. The molecule has 0 saturated carbocycles. The summed E-state index contributed by atoms with van der Waals surface area (Å²) in [6.45, 7) is 3.86. The van der Waals surface area contributed by atoms with Gasteiger partial charge in [-0.3, -0.25) is 0 Å². The van der Waals surface area contributed by atoms with Gasteiger partial charge in [-0.05, 0) is 16.3 Å². The Morgan fingerprint density at radius 3 is 2.27 bits per heavy atom. The van der Waals surface area contributed by atoms with Crippen molar-refractivity contribution in [1.29, 1.82) is 0 Å². The van der Waals surface area contributed by atoms with Gasteiger partial charge in [-0.1, -0.05) is 48.9 Å². The van der Waals surface area contributed by atoms with Crippen molar-refractivity contribution >= 4 is 33.8 Å². The first-order chi connectivity index (χ1) is 6.40. The summed E-state index contributed by atoms with van der Waals surface area (Å²) in [6, 6.07) is 15.1. The van der Waals surface area contributed by atoms with Crippen LogP contribution in [-0.4, -0.2) is 23.1 Å². The molecule has 74 valence electrons. The fourth-order valence-electron chi connectivity index (χ4n) is 1.60. The van der Waals surface area contributed by atoms with E-state index in [1.54, 1.807) is 0 Å². The Labute approximate surface area is 118 Å². The summed E-state index contributed by atoms with van der Waals surface area (Å²) >= 11 is 0. The number of hydrogen-bond acceptors (Lipinski definition) is 0. The van der Waals surface area contributed by atoms with E-state index in [0.29, 0.717) is 0 Å². The number of aryl methyl sites for hydroxylation is 1. The molecule has 0 aromatic heterocycles. The summed E-state index contributed by atoms with van der Waals surface area (Å²) < 4.78 is 0. The SMILES string of the molecule is [Br-].[CH2-]CCc1ccc2ccccc2c1.[Mg+2]. The summed E-state index contributed by atoms with van der Waals surface area (Å²) in [6.07, 6.45) is 2.04. The molecule has 0 bridgehead atoms. The molecule has 0 aliphatic rings. The smallest absolute Gasteiger partial charge is 1.00 e. The van der Waals surface area contributed by atoms with Gasteiger partial charge in [0.2, 0.25) is 0 Å². The zero-order valence-electron chi connectivity index (χ0n) is 8.75. The van der Waals surface area contributed by atoms with Crippen LogP contribution < -0.4 is 17.0 Å². The molecule has 0 nitrogen and oxygen atoms in total. The summed E-state index contributed by atoms with van der Waals surface area (Å²) in [7, 11) is 0. The van der Waals surface area contributed by atoms with Crippen molar-refractivity contribution in [1.82, 2.24) is 0 Å². The van der Waals surface area contributed by atoms with Crippen molar-refractivity contribution < 1.29 is 17.0 Å². The van der Waals surface area contributed by atoms with Crippen LogP contribution in [0.1, 0.15) is 12.0 Å². The summed E-state index contributed by atoms with van der Waals surface area (Å²) in [4.78, 5) is 0. The molecule has 0 amide bonds. The van der Waals surface area contributed by atoms with Gasteiger partial charge >= 0.3 is 23.1 Å². The predicted octanol–water partition coefficient (Wildman–Crippen LogP) is 0.230. The standard InChI is InChI=1S/C13H13.BrH.Mg/c1-2-5-11-8-9-12-6-3-4-7-13(12)10-11;;/h3-4,6-10H,1-2,5H2;1H;/q-1;;+2/p-1. The fraction of sp³-hybridized carbons (Fsp3) is 0.154. The van der Waals surface area contributed by atoms with Gasteiger partial charge in [0.1, 0.15) is 0 Å². The van der Waals surface area contributed by atoms with E-state index in [1.165, 1.54) is 16.3 Å². The normalized spacial score (nSPS) is 9.13. The van der Waals surface area contributed by atoms with Crippen LogP contribution in [0.15, 0.2) is 42.5 Å². The Morgan fingerprint density at radius 2 is 1.60 bits per heavy atom. The number of hydrogen-bond donors (Lipinski definition) is 0. The van der Waals surface area contributed by atoms with Gasteiger partial charge in [-0.25, -0.2) is 0 Å². The van der Waals surface area contributed by atoms with E-state index in [4.69, 9.17) is 0 Å². The molecule has 15 heavy (non-hydrogen) atoms. The third kappa shape index (κ3) is 3.78. The molecule has 0 unspecified atom stereocenters. The third-order valence-electron chi connectivity index (χ3n) is 2.28. The Bertz CT molecular complexity index is 412. The van der Waals surface area contributed by atoms with Crippen molar-refractivity contribution in [2.45, 2.75) is 12.8 Å². The first-order valence-electron chi connectivity index (χ1n) is 4.67. The van der Waals surface area contributed by atoms with Gasteiger partial charge in [0, 0.05) is 0 Å². The monoisotopic (exact) mass is 272 g/mol. The molecule has 0 N–H and O–H groups in total. The van der Waals surface area contributed by atoms with Crippen LogP contribution in [-0.2, 0) is 6.42 Å². The summed E-state index contributed by atoms with van der Waals surface area (Å²) in [5, 5.41) is 2.64. The maximum Gasteiger partial charge on any atom is 2.00 e. The Balaban J connectivity index is 0.000000980. The minimum atomic E-state index is 0. The van der Waals surface area contributed by atoms with Crippen molar-refractivity contribution in [3.63, 3.8) is 0 Å². The molecular formula is C13H13BrMg. The molecule has 0 atom stereocenters. The second-order valence-electron chi connectivity index (χ2n) is 3.29. The van der Waals surface area contributed by atoms with Gasteiger partial charge in [0.25, 0.3) is 0 Å². The van der Waals surface area contributed by atoms with Gasteiger partial charge in [0.15, 0.2) is 0 Å². The molecule has 0 fully saturated rings. The van der Waals surface area contributed by atoms with Gasteiger partial charge in [0.05, 0.1) is 0 Å². The maximum atomic E-state index is 3.86. The molecular weight excluding hydrogens is 260 g/mol. The average molecular weight is 273 g/mol. The van der Waals surface area contributed by atoms with E-state index >= 15 is 0 Å². The minimum Gasteiger partial charge on any atom is -1.00 e. The van der Waals surface area contributed by atoms with Crippen molar-refractivity contribution in [3.8, 4) is 0 Å². The van der Waals surface area contributed by atoms with E-state index in [9.17, 15) is 0 Å². The largest absolute Gasteiger partial charge is 2.00 e. The molecule has 0 heterocycles. The van der Waals surface area contributed by atoms with Crippen LogP contribution in [0.2, 0.25) is 0 Å². The van der Waals surface area contributed by atoms with Crippen LogP contribution in [0, 0.1) is 6.92 Å².